The number of hydrogen-bond acceptors (Lipinski definition) is 5. The minimum absolute atomic E-state index is 0.0782. The third kappa shape index (κ3) is 3.55. The molecule has 0 saturated carbocycles. The lowest BCUT2D eigenvalue weighted by atomic mass is 10.2. The molecular weight excluding hydrogens is 276 g/mol. The van der Waals surface area contributed by atoms with Crippen LogP contribution in [0.5, 0.6) is 11.6 Å². The first-order valence-electron chi connectivity index (χ1n) is 6.06. The summed E-state index contributed by atoms with van der Waals surface area (Å²) >= 11 is 0. The summed E-state index contributed by atoms with van der Waals surface area (Å²) in [5, 5.41) is 0. The molecular formula is C14H16N2O3S. The minimum Gasteiger partial charge on any atom is -0.439 e. The Morgan fingerprint density at radius 3 is 2.25 bits per heavy atom. The van der Waals surface area contributed by atoms with E-state index >= 15 is 0 Å². The first-order chi connectivity index (χ1) is 9.36. The zero-order valence-corrected chi connectivity index (χ0v) is 12.1. The molecule has 0 spiro atoms. The van der Waals surface area contributed by atoms with E-state index < -0.39 is 9.84 Å². The number of ether oxygens (including phenoxy) is 1. The van der Waals surface area contributed by atoms with E-state index in [-0.39, 0.29) is 10.9 Å². The summed E-state index contributed by atoms with van der Waals surface area (Å²) in [7, 11) is -3.19. The number of pyridine rings is 1. The van der Waals surface area contributed by atoms with Crippen molar-refractivity contribution in [2.24, 2.45) is 5.73 Å². The maximum Gasteiger partial charge on any atom is 0.219 e. The molecule has 1 atom stereocenters. The average molecular weight is 292 g/mol. The highest BCUT2D eigenvalue weighted by atomic mass is 32.2. The Balaban J connectivity index is 2.14. The van der Waals surface area contributed by atoms with Gasteiger partial charge in [0.1, 0.15) is 5.75 Å². The summed E-state index contributed by atoms with van der Waals surface area (Å²) in [5.74, 6) is 0.958. The molecule has 2 aromatic rings. The molecule has 1 aromatic heterocycles. The highest BCUT2D eigenvalue weighted by Gasteiger charge is 2.07. The van der Waals surface area contributed by atoms with E-state index in [1.54, 1.807) is 24.4 Å². The van der Waals surface area contributed by atoms with Crippen LogP contribution in [-0.2, 0) is 9.84 Å². The topological polar surface area (TPSA) is 82.3 Å². The Morgan fingerprint density at radius 2 is 1.80 bits per heavy atom. The Labute approximate surface area is 118 Å². The highest BCUT2D eigenvalue weighted by molar-refractivity contribution is 7.90. The Morgan fingerprint density at radius 1 is 1.15 bits per heavy atom. The summed E-state index contributed by atoms with van der Waals surface area (Å²) in [6.07, 6.45) is 2.82. The molecule has 106 valence electrons. The lowest BCUT2D eigenvalue weighted by Crippen LogP contribution is -2.05. The van der Waals surface area contributed by atoms with Gasteiger partial charge in [-0.05, 0) is 36.8 Å². The van der Waals surface area contributed by atoms with Gasteiger partial charge in [-0.2, -0.15) is 0 Å². The van der Waals surface area contributed by atoms with Crippen molar-refractivity contribution >= 4 is 9.84 Å². The normalized spacial score (nSPS) is 12.9. The summed E-state index contributed by atoms with van der Waals surface area (Å²) in [5.41, 5.74) is 6.66. The van der Waals surface area contributed by atoms with Crippen LogP contribution in [0.3, 0.4) is 0 Å². The number of nitrogens with two attached hydrogens (primary N) is 1. The van der Waals surface area contributed by atoms with Crippen molar-refractivity contribution in [3.05, 3.63) is 48.2 Å². The van der Waals surface area contributed by atoms with Gasteiger partial charge in [0.25, 0.3) is 0 Å². The molecule has 0 amide bonds. The summed E-state index contributed by atoms with van der Waals surface area (Å²) in [6, 6.07) is 9.68. The standard InChI is InChI=1S/C14H16N2O3S/c1-10(15)11-3-8-14(16-9-11)19-12-4-6-13(7-5-12)20(2,17)18/h3-10H,15H2,1-2H3. The van der Waals surface area contributed by atoms with E-state index in [2.05, 4.69) is 4.98 Å². The second kappa shape index (κ2) is 5.60. The molecule has 0 aliphatic rings. The molecule has 1 heterocycles. The lowest BCUT2D eigenvalue weighted by Gasteiger charge is -2.08. The molecule has 0 bridgehead atoms. The van der Waals surface area contributed by atoms with Gasteiger partial charge < -0.3 is 10.5 Å². The van der Waals surface area contributed by atoms with Crippen molar-refractivity contribution in [1.29, 1.82) is 0 Å². The first kappa shape index (κ1) is 14.5. The second-order valence-corrected chi connectivity index (χ2v) is 6.58. The number of nitrogens with zero attached hydrogens (tertiary/aromatic N) is 1. The molecule has 6 heteroatoms. The monoisotopic (exact) mass is 292 g/mol. The fourth-order valence-corrected chi connectivity index (χ4v) is 2.23. The molecule has 2 N–H and O–H groups in total. The van der Waals surface area contributed by atoms with Crippen LogP contribution in [0.15, 0.2) is 47.5 Å². The van der Waals surface area contributed by atoms with Gasteiger partial charge in [0, 0.05) is 24.6 Å². The number of rotatable bonds is 4. The number of sulfone groups is 1. The van der Waals surface area contributed by atoms with Gasteiger partial charge in [0.05, 0.1) is 4.90 Å². The molecule has 0 radical (unpaired) electrons. The van der Waals surface area contributed by atoms with Crippen LogP contribution >= 0.6 is 0 Å². The van der Waals surface area contributed by atoms with Crippen molar-refractivity contribution in [3.8, 4) is 11.6 Å². The predicted octanol–water partition coefficient (Wildman–Crippen LogP) is 2.30. The van der Waals surface area contributed by atoms with Gasteiger partial charge in [-0.3, -0.25) is 0 Å². The molecule has 0 aliphatic heterocycles. The highest BCUT2D eigenvalue weighted by Crippen LogP contribution is 2.22. The average Bonchev–Trinajstić information content (AvgIpc) is 2.39. The maximum atomic E-state index is 11.3. The van der Waals surface area contributed by atoms with Crippen LogP contribution in [-0.4, -0.2) is 19.7 Å². The Kier molecular flexibility index (Phi) is 4.06. The van der Waals surface area contributed by atoms with Crippen molar-refractivity contribution in [1.82, 2.24) is 4.98 Å². The van der Waals surface area contributed by atoms with Crippen LogP contribution in [0.2, 0.25) is 0 Å². The third-order valence-electron chi connectivity index (χ3n) is 2.76. The zero-order chi connectivity index (χ0) is 14.8. The van der Waals surface area contributed by atoms with Gasteiger partial charge >= 0.3 is 0 Å². The van der Waals surface area contributed by atoms with Crippen LogP contribution < -0.4 is 10.5 Å². The SMILES string of the molecule is CC(N)c1ccc(Oc2ccc(S(C)(=O)=O)cc2)nc1. The summed E-state index contributed by atoms with van der Waals surface area (Å²) < 4.78 is 28.2. The molecule has 0 aliphatic carbocycles. The van der Waals surface area contributed by atoms with E-state index in [0.717, 1.165) is 11.8 Å². The minimum atomic E-state index is -3.19. The van der Waals surface area contributed by atoms with Gasteiger partial charge in [0.15, 0.2) is 9.84 Å². The van der Waals surface area contributed by atoms with Crippen molar-refractivity contribution < 1.29 is 13.2 Å². The molecule has 2 rings (SSSR count). The Bertz CT molecular complexity index is 677. The Hall–Kier alpha value is -1.92. The van der Waals surface area contributed by atoms with E-state index in [4.69, 9.17) is 10.5 Å². The molecule has 1 aromatic carbocycles. The van der Waals surface area contributed by atoms with Gasteiger partial charge in [-0.25, -0.2) is 13.4 Å². The molecule has 0 saturated heterocycles. The molecule has 5 nitrogen and oxygen atoms in total. The van der Waals surface area contributed by atoms with Gasteiger partial charge in [0.2, 0.25) is 5.88 Å². The maximum absolute atomic E-state index is 11.3. The van der Waals surface area contributed by atoms with E-state index in [1.807, 2.05) is 13.0 Å². The van der Waals surface area contributed by atoms with Gasteiger partial charge in [-0.1, -0.05) is 6.07 Å². The number of benzene rings is 1. The molecule has 20 heavy (non-hydrogen) atoms. The number of aromatic nitrogens is 1. The predicted molar refractivity (Wildman–Crippen MR) is 76.5 cm³/mol. The van der Waals surface area contributed by atoms with E-state index in [1.165, 1.54) is 12.1 Å². The summed E-state index contributed by atoms with van der Waals surface area (Å²) in [4.78, 5) is 4.40. The lowest BCUT2D eigenvalue weighted by molar-refractivity contribution is 0.462. The van der Waals surface area contributed by atoms with E-state index in [0.29, 0.717) is 11.6 Å². The van der Waals surface area contributed by atoms with Gasteiger partial charge in [-0.15, -0.1) is 0 Å². The van der Waals surface area contributed by atoms with Crippen LogP contribution in [0, 0.1) is 0 Å². The zero-order valence-electron chi connectivity index (χ0n) is 11.3. The molecule has 1 unspecified atom stereocenters. The van der Waals surface area contributed by atoms with Crippen molar-refractivity contribution in [2.75, 3.05) is 6.26 Å². The largest absolute Gasteiger partial charge is 0.439 e. The summed E-state index contributed by atoms with van der Waals surface area (Å²) in [6.45, 7) is 1.88. The fourth-order valence-electron chi connectivity index (χ4n) is 1.60. The first-order valence-corrected chi connectivity index (χ1v) is 7.95. The second-order valence-electron chi connectivity index (χ2n) is 4.56. The van der Waals surface area contributed by atoms with E-state index in [9.17, 15) is 8.42 Å². The fraction of sp³-hybridized carbons (Fsp3) is 0.214. The molecule has 0 fully saturated rings. The quantitative estimate of drug-likeness (QED) is 0.935. The van der Waals surface area contributed by atoms with Crippen LogP contribution in [0.1, 0.15) is 18.5 Å². The smallest absolute Gasteiger partial charge is 0.219 e. The number of hydrogen-bond donors (Lipinski definition) is 1. The third-order valence-corrected chi connectivity index (χ3v) is 3.89. The van der Waals surface area contributed by atoms with Crippen LogP contribution in [0.4, 0.5) is 0 Å². The van der Waals surface area contributed by atoms with Crippen molar-refractivity contribution in [3.63, 3.8) is 0 Å². The van der Waals surface area contributed by atoms with Crippen molar-refractivity contribution in [2.45, 2.75) is 17.9 Å². The van der Waals surface area contributed by atoms with Crippen LogP contribution in [0.25, 0.3) is 0 Å².